The number of benzene rings is 1. The van der Waals surface area contributed by atoms with Crippen molar-refractivity contribution in [3.63, 3.8) is 0 Å². The summed E-state index contributed by atoms with van der Waals surface area (Å²) in [5.74, 6) is 0.623. The molecule has 108 valence electrons. The number of rotatable bonds is 4. The van der Waals surface area contributed by atoms with E-state index in [0.717, 1.165) is 11.1 Å². The molecule has 0 radical (unpaired) electrons. The molecule has 0 aliphatic heterocycles. The van der Waals surface area contributed by atoms with Crippen LogP contribution in [0.15, 0.2) is 28.8 Å². The number of nitrogens with two attached hydrogens (primary N) is 1. The minimum atomic E-state index is -0.553. The van der Waals surface area contributed by atoms with Crippen LogP contribution in [0.1, 0.15) is 18.3 Å². The van der Waals surface area contributed by atoms with E-state index in [1.54, 1.807) is 6.92 Å². The van der Waals surface area contributed by atoms with E-state index >= 15 is 0 Å². The molecule has 1 amide bonds. The number of aryl methyl sites for hydroxylation is 1. The van der Waals surface area contributed by atoms with Gasteiger partial charge in [-0.25, -0.2) is 0 Å². The molecule has 0 aliphatic carbocycles. The van der Waals surface area contributed by atoms with Crippen molar-refractivity contribution in [1.29, 1.82) is 0 Å². The Morgan fingerprint density at radius 1 is 1.45 bits per heavy atom. The van der Waals surface area contributed by atoms with Crippen LogP contribution in [0.2, 0.25) is 0 Å². The number of halogens is 1. The van der Waals surface area contributed by atoms with Crippen molar-refractivity contribution in [2.45, 2.75) is 26.4 Å². The van der Waals surface area contributed by atoms with Crippen molar-refractivity contribution in [1.82, 2.24) is 15.5 Å². The van der Waals surface area contributed by atoms with E-state index in [4.69, 9.17) is 10.3 Å². The molecule has 0 aliphatic rings. The first-order valence-corrected chi connectivity index (χ1v) is 6.00. The molecule has 6 nitrogen and oxygen atoms in total. The summed E-state index contributed by atoms with van der Waals surface area (Å²) >= 11 is 0. The van der Waals surface area contributed by atoms with Crippen molar-refractivity contribution in [2.24, 2.45) is 5.73 Å². The molecule has 0 saturated carbocycles. The van der Waals surface area contributed by atoms with Crippen LogP contribution in [0.25, 0.3) is 11.5 Å². The molecule has 0 unspecified atom stereocenters. The number of carbonyl (C=O) groups excluding carboxylic acids is 1. The van der Waals surface area contributed by atoms with Crippen molar-refractivity contribution in [2.75, 3.05) is 0 Å². The molecule has 1 aromatic heterocycles. The van der Waals surface area contributed by atoms with E-state index in [1.807, 2.05) is 31.2 Å². The second-order valence-electron chi connectivity index (χ2n) is 4.34. The van der Waals surface area contributed by atoms with E-state index in [2.05, 4.69) is 15.5 Å². The van der Waals surface area contributed by atoms with Crippen molar-refractivity contribution in [3.05, 3.63) is 35.7 Å². The van der Waals surface area contributed by atoms with Gasteiger partial charge in [0.2, 0.25) is 5.91 Å². The number of nitrogens with zero attached hydrogens (tertiary/aromatic N) is 2. The Labute approximate surface area is 123 Å². The van der Waals surface area contributed by atoms with E-state index in [0.29, 0.717) is 11.7 Å². The summed E-state index contributed by atoms with van der Waals surface area (Å²) in [5.41, 5.74) is 7.38. The lowest BCUT2D eigenvalue weighted by atomic mass is 10.1. The third-order valence-electron chi connectivity index (χ3n) is 2.68. The smallest absolute Gasteiger partial charge is 0.258 e. The zero-order valence-corrected chi connectivity index (χ0v) is 12.1. The SMILES string of the molecule is Cc1ccccc1-c1nc(CNC(=O)[C@@H](C)N)no1.Cl. The van der Waals surface area contributed by atoms with Gasteiger partial charge in [-0.05, 0) is 25.5 Å². The number of amides is 1. The highest BCUT2D eigenvalue weighted by Gasteiger charge is 2.12. The lowest BCUT2D eigenvalue weighted by Crippen LogP contribution is -2.38. The monoisotopic (exact) mass is 296 g/mol. The van der Waals surface area contributed by atoms with Crippen LogP contribution >= 0.6 is 12.4 Å². The third kappa shape index (κ3) is 3.79. The molecule has 1 heterocycles. The first-order chi connectivity index (χ1) is 9.08. The fraction of sp³-hybridized carbons (Fsp3) is 0.308. The second-order valence-corrected chi connectivity index (χ2v) is 4.34. The normalized spacial score (nSPS) is 11.6. The maximum Gasteiger partial charge on any atom is 0.258 e. The number of hydrogen-bond acceptors (Lipinski definition) is 5. The molecule has 0 bridgehead atoms. The minimum Gasteiger partial charge on any atom is -0.347 e. The Bertz CT molecular complexity index is 583. The second kappa shape index (κ2) is 7.02. The minimum absolute atomic E-state index is 0. The lowest BCUT2D eigenvalue weighted by Gasteiger charge is -2.04. The summed E-state index contributed by atoms with van der Waals surface area (Å²) in [7, 11) is 0. The molecule has 0 spiro atoms. The van der Waals surface area contributed by atoms with Gasteiger partial charge < -0.3 is 15.6 Å². The average molecular weight is 297 g/mol. The van der Waals surface area contributed by atoms with Gasteiger partial charge >= 0.3 is 0 Å². The fourth-order valence-electron chi connectivity index (χ4n) is 1.58. The van der Waals surface area contributed by atoms with Crippen LogP contribution < -0.4 is 11.1 Å². The Morgan fingerprint density at radius 3 is 2.80 bits per heavy atom. The summed E-state index contributed by atoms with van der Waals surface area (Å²) < 4.78 is 5.18. The molecule has 3 N–H and O–H groups in total. The molecule has 1 aromatic carbocycles. The molecule has 1 atom stereocenters. The number of carbonyl (C=O) groups is 1. The van der Waals surface area contributed by atoms with Crippen LogP contribution in [-0.2, 0) is 11.3 Å². The lowest BCUT2D eigenvalue weighted by molar-refractivity contribution is -0.122. The maximum atomic E-state index is 11.3. The Morgan fingerprint density at radius 2 is 2.15 bits per heavy atom. The molecular weight excluding hydrogens is 280 g/mol. The molecule has 0 fully saturated rings. The van der Waals surface area contributed by atoms with Crippen molar-refractivity contribution >= 4 is 18.3 Å². The fourth-order valence-corrected chi connectivity index (χ4v) is 1.58. The Kier molecular flexibility index (Phi) is 5.66. The standard InChI is InChI=1S/C13H16N4O2.ClH/c1-8-5-3-4-6-10(8)13-16-11(17-19-13)7-15-12(18)9(2)14;/h3-6,9H,7,14H2,1-2H3,(H,15,18);1H/t9-;/m1./s1. The maximum absolute atomic E-state index is 11.3. The number of nitrogens with one attached hydrogen (secondary N) is 1. The molecule has 20 heavy (non-hydrogen) atoms. The van der Waals surface area contributed by atoms with Gasteiger partial charge in [-0.1, -0.05) is 23.4 Å². The Hall–Kier alpha value is -1.92. The van der Waals surface area contributed by atoms with Crippen LogP contribution in [0.5, 0.6) is 0 Å². The highest BCUT2D eigenvalue weighted by atomic mass is 35.5. The molecule has 0 saturated heterocycles. The molecular formula is C13H17ClN4O2. The van der Waals surface area contributed by atoms with Crippen molar-refractivity contribution < 1.29 is 9.32 Å². The highest BCUT2D eigenvalue weighted by molar-refractivity contribution is 5.85. The first-order valence-electron chi connectivity index (χ1n) is 6.00. The van der Waals surface area contributed by atoms with Gasteiger partial charge in [0, 0.05) is 5.56 Å². The number of aromatic nitrogens is 2. The predicted octanol–water partition coefficient (Wildman–Crippen LogP) is 1.43. The third-order valence-corrected chi connectivity index (χ3v) is 2.68. The zero-order chi connectivity index (χ0) is 13.8. The van der Waals surface area contributed by atoms with E-state index < -0.39 is 6.04 Å². The van der Waals surface area contributed by atoms with Gasteiger partial charge in [0.1, 0.15) is 0 Å². The van der Waals surface area contributed by atoms with Crippen LogP contribution in [0.4, 0.5) is 0 Å². The number of hydrogen-bond donors (Lipinski definition) is 2. The topological polar surface area (TPSA) is 94.0 Å². The summed E-state index contributed by atoms with van der Waals surface area (Å²) in [4.78, 5) is 15.6. The van der Waals surface area contributed by atoms with Gasteiger partial charge in [-0.15, -0.1) is 12.4 Å². The summed E-state index contributed by atoms with van der Waals surface area (Å²) in [6.45, 7) is 3.79. The molecule has 2 rings (SSSR count). The van der Waals surface area contributed by atoms with Crippen LogP contribution in [0.3, 0.4) is 0 Å². The van der Waals surface area contributed by atoms with E-state index in [-0.39, 0.29) is 24.9 Å². The average Bonchev–Trinajstić information content (AvgIpc) is 2.85. The quantitative estimate of drug-likeness (QED) is 0.890. The van der Waals surface area contributed by atoms with Gasteiger partial charge in [0.05, 0.1) is 12.6 Å². The highest BCUT2D eigenvalue weighted by Crippen LogP contribution is 2.20. The summed E-state index contributed by atoms with van der Waals surface area (Å²) in [6, 6.07) is 7.18. The summed E-state index contributed by atoms with van der Waals surface area (Å²) in [6.07, 6.45) is 0. The zero-order valence-electron chi connectivity index (χ0n) is 11.3. The Balaban J connectivity index is 0.00000200. The van der Waals surface area contributed by atoms with Crippen LogP contribution in [0, 0.1) is 6.92 Å². The molecule has 7 heteroatoms. The van der Waals surface area contributed by atoms with E-state index in [1.165, 1.54) is 0 Å². The van der Waals surface area contributed by atoms with Gasteiger partial charge in [0.15, 0.2) is 5.82 Å². The van der Waals surface area contributed by atoms with Crippen LogP contribution in [-0.4, -0.2) is 22.1 Å². The molecule has 2 aromatic rings. The first kappa shape index (κ1) is 16.1. The predicted molar refractivity (Wildman–Crippen MR) is 77.2 cm³/mol. The van der Waals surface area contributed by atoms with E-state index in [9.17, 15) is 4.79 Å². The van der Waals surface area contributed by atoms with Gasteiger partial charge in [-0.3, -0.25) is 4.79 Å². The van der Waals surface area contributed by atoms with Crippen molar-refractivity contribution in [3.8, 4) is 11.5 Å². The van der Waals surface area contributed by atoms with Gasteiger partial charge in [0.25, 0.3) is 5.89 Å². The largest absolute Gasteiger partial charge is 0.347 e. The van der Waals surface area contributed by atoms with Gasteiger partial charge in [-0.2, -0.15) is 4.98 Å². The summed E-state index contributed by atoms with van der Waals surface area (Å²) in [5, 5.41) is 6.45.